The zero-order valence-electron chi connectivity index (χ0n) is 6.32. The number of halogens is 1. The lowest BCUT2D eigenvalue weighted by molar-refractivity contribution is -0.128. The van der Waals surface area contributed by atoms with Crippen molar-refractivity contribution in [3.05, 3.63) is 12.7 Å². The van der Waals surface area contributed by atoms with Crippen LogP contribution in [0.3, 0.4) is 0 Å². The Morgan fingerprint density at radius 2 is 2.45 bits per heavy atom. The second-order valence-electron chi connectivity index (χ2n) is 2.47. The van der Waals surface area contributed by atoms with Crippen molar-refractivity contribution in [2.45, 2.75) is 12.5 Å². The molecule has 1 unspecified atom stereocenters. The molecule has 0 aromatic heterocycles. The number of carbonyl (C=O) groups is 1. The molecule has 0 aromatic rings. The Morgan fingerprint density at radius 1 is 1.82 bits per heavy atom. The van der Waals surface area contributed by atoms with Crippen LogP contribution in [0.1, 0.15) is 6.42 Å². The standard InChI is InChI=1S/C7H12N2O.ClH/c1-2-4-9-5-3-6(8)7(9)10;/h2,6H,1,3-5,8H2;1H. The van der Waals surface area contributed by atoms with Crippen LogP contribution in [0.25, 0.3) is 0 Å². The van der Waals surface area contributed by atoms with Gasteiger partial charge in [-0.15, -0.1) is 19.0 Å². The lowest BCUT2D eigenvalue weighted by atomic mass is 10.3. The van der Waals surface area contributed by atoms with Crippen LogP contribution in [0.5, 0.6) is 0 Å². The van der Waals surface area contributed by atoms with E-state index in [1.165, 1.54) is 0 Å². The highest BCUT2D eigenvalue weighted by Crippen LogP contribution is 2.07. The third kappa shape index (κ3) is 2.20. The molecule has 1 aliphatic rings. The van der Waals surface area contributed by atoms with Gasteiger partial charge >= 0.3 is 0 Å². The van der Waals surface area contributed by atoms with Crippen molar-refractivity contribution in [2.24, 2.45) is 5.73 Å². The van der Waals surface area contributed by atoms with E-state index in [0.29, 0.717) is 6.54 Å². The summed E-state index contributed by atoms with van der Waals surface area (Å²) in [5, 5.41) is 0. The number of likely N-dealkylation sites (tertiary alicyclic amines) is 1. The van der Waals surface area contributed by atoms with Crippen LogP contribution in [0.15, 0.2) is 12.7 Å². The molecule has 4 heteroatoms. The summed E-state index contributed by atoms with van der Waals surface area (Å²) in [6.45, 7) is 4.96. The Kier molecular flexibility index (Phi) is 4.15. The quantitative estimate of drug-likeness (QED) is 0.609. The summed E-state index contributed by atoms with van der Waals surface area (Å²) in [6, 6.07) is -0.264. The van der Waals surface area contributed by atoms with Crippen molar-refractivity contribution in [1.82, 2.24) is 4.90 Å². The smallest absolute Gasteiger partial charge is 0.239 e. The molecule has 1 fully saturated rings. The Bertz CT molecular complexity index is 161. The predicted octanol–water partition coefficient (Wildman–Crippen LogP) is 0.154. The predicted molar refractivity (Wildman–Crippen MR) is 46.6 cm³/mol. The van der Waals surface area contributed by atoms with Crippen LogP contribution in [0.4, 0.5) is 0 Å². The number of nitrogens with two attached hydrogens (primary N) is 1. The molecular formula is C7H13ClN2O. The maximum absolute atomic E-state index is 11.0. The molecule has 1 atom stereocenters. The Hall–Kier alpha value is -0.540. The Balaban J connectivity index is 0.000001000. The normalized spacial score (nSPS) is 23.2. The van der Waals surface area contributed by atoms with Gasteiger partial charge in [-0.2, -0.15) is 0 Å². The molecule has 1 heterocycles. The van der Waals surface area contributed by atoms with E-state index in [1.54, 1.807) is 11.0 Å². The second kappa shape index (κ2) is 4.36. The van der Waals surface area contributed by atoms with Gasteiger partial charge in [0, 0.05) is 13.1 Å². The molecule has 0 radical (unpaired) electrons. The molecule has 1 rings (SSSR count). The fraction of sp³-hybridized carbons (Fsp3) is 0.571. The van der Waals surface area contributed by atoms with Gasteiger partial charge in [-0.1, -0.05) is 6.08 Å². The second-order valence-corrected chi connectivity index (χ2v) is 2.47. The van der Waals surface area contributed by atoms with E-state index in [1.807, 2.05) is 0 Å². The van der Waals surface area contributed by atoms with Gasteiger partial charge < -0.3 is 10.6 Å². The largest absolute Gasteiger partial charge is 0.338 e. The Labute approximate surface area is 72.6 Å². The summed E-state index contributed by atoms with van der Waals surface area (Å²) in [5.74, 6) is 0.0555. The molecule has 0 bridgehead atoms. The van der Waals surface area contributed by atoms with E-state index in [2.05, 4.69) is 6.58 Å². The van der Waals surface area contributed by atoms with Crippen LogP contribution in [-0.4, -0.2) is 29.9 Å². The summed E-state index contributed by atoms with van der Waals surface area (Å²) < 4.78 is 0. The van der Waals surface area contributed by atoms with Crippen LogP contribution in [0.2, 0.25) is 0 Å². The fourth-order valence-corrected chi connectivity index (χ4v) is 1.10. The maximum Gasteiger partial charge on any atom is 0.239 e. The van der Waals surface area contributed by atoms with E-state index in [0.717, 1.165) is 13.0 Å². The topological polar surface area (TPSA) is 46.3 Å². The molecule has 11 heavy (non-hydrogen) atoms. The van der Waals surface area contributed by atoms with E-state index in [-0.39, 0.29) is 24.4 Å². The number of nitrogens with zero attached hydrogens (tertiary/aromatic N) is 1. The third-order valence-electron chi connectivity index (χ3n) is 1.69. The van der Waals surface area contributed by atoms with E-state index >= 15 is 0 Å². The molecule has 2 N–H and O–H groups in total. The Morgan fingerprint density at radius 3 is 2.82 bits per heavy atom. The summed E-state index contributed by atoms with van der Waals surface area (Å²) in [6.07, 6.45) is 2.50. The number of rotatable bonds is 2. The van der Waals surface area contributed by atoms with Gasteiger partial charge in [0.1, 0.15) is 0 Å². The van der Waals surface area contributed by atoms with Gasteiger partial charge in [0.2, 0.25) is 5.91 Å². The molecule has 0 saturated carbocycles. The van der Waals surface area contributed by atoms with Gasteiger partial charge in [0.25, 0.3) is 0 Å². The molecule has 3 nitrogen and oxygen atoms in total. The van der Waals surface area contributed by atoms with Crippen molar-refractivity contribution in [3.8, 4) is 0 Å². The lowest BCUT2D eigenvalue weighted by Crippen LogP contribution is -2.33. The molecule has 64 valence electrons. The summed E-state index contributed by atoms with van der Waals surface area (Å²) in [4.78, 5) is 12.8. The SMILES string of the molecule is C=CCN1CCC(N)C1=O.Cl. The number of hydrogen-bond donors (Lipinski definition) is 1. The first-order valence-electron chi connectivity index (χ1n) is 3.41. The minimum absolute atomic E-state index is 0. The fourth-order valence-electron chi connectivity index (χ4n) is 1.10. The maximum atomic E-state index is 11.0. The van der Waals surface area contributed by atoms with Gasteiger partial charge in [0.05, 0.1) is 6.04 Å². The van der Waals surface area contributed by atoms with Crippen molar-refractivity contribution < 1.29 is 4.79 Å². The van der Waals surface area contributed by atoms with Gasteiger partial charge in [-0.3, -0.25) is 4.79 Å². The van der Waals surface area contributed by atoms with Crippen LogP contribution in [-0.2, 0) is 4.79 Å². The summed E-state index contributed by atoms with van der Waals surface area (Å²) in [7, 11) is 0. The van der Waals surface area contributed by atoms with E-state index in [4.69, 9.17) is 5.73 Å². The highest BCUT2D eigenvalue weighted by Gasteiger charge is 2.26. The van der Waals surface area contributed by atoms with Crippen molar-refractivity contribution in [3.63, 3.8) is 0 Å². The highest BCUT2D eigenvalue weighted by atomic mass is 35.5. The van der Waals surface area contributed by atoms with Crippen molar-refractivity contribution >= 4 is 18.3 Å². The molecule has 1 saturated heterocycles. The minimum atomic E-state index is -0.264. The van der Waals surface area contributed by atoms with Crippen LogP contribution >= 0.6 is 12.4 Å². The molecule has 0 aromatic carbocycles. The molecule has 1 amide bonds. The molecule has 0 spiro atoms. The average molecular weight is 177 g/mol. The van der Waals surface area contributed by atoms with Gasteiger partial charge in [0.15, 0.2) is 0 Å². The minimum Gasteiger partial charge on any atom is -0.338 e. The number of amides is 1. The summed E-state index contributed by atoms with van der Waals surface area (Å²) >= 11 is 0. The van der Waals surface area contributed by atoms with Gasteiger partial charge in [-0.25, -0.2) is 0 Å². The monoisotopic (exact) mass is 176 g/mol. The number of hydrogen-bond acceptors (Lipinski definition) is 2. The highest BCUT2D eigenvalue weighted by molar-refractivity contribution is 5.85. The van der Waals surface area contributed by atoms with Crippen LogP contribution < -0.4 is 5.73 Å². The zero-order valence-corrected chi connectivity index (χ0v) is 7.14. The first-order valence-corrected chi connectivity index (χ1v) is 3.41. The average Bonchev–Trinajstić information content (AvgIpc) is 2.20. The van der Waals surface area contributed by atoms with Crippen molar-refractivity contribution in [1.29, 1.82) is 0 Å². The van der Waals surface area contributed by atoms with E-state index < -0.39 is 0 Å². The first kappa shape index (κ1) is 10.5. The third-order valence-corrected chi connectivity index (χ3v) is 1.69. The lowest BCUT2D eigenvalue weighted by Gasteiger charge is -2.11. The van der Waals surface area contributed by atoms with E-state index in [9.17, 15) is 4.79 Å². The summed E-state index contributed by atoms with van der Waals surface area (Å²) in [5.41, 5.74) is 5.47. The molecule has 0 aliphatic carbocycles. The van der Waals surface area contributed by atoms with Crippen molar-refractivity contribution in [2.75, 3.05) is 13.1 Å². The van der Waals surface area contributed by atoms with Crippen LogP contribution in [0, 0.1) is 0 Å². The number of carbonyl (C=O) groups excluding carboxylic acids is 1. The zero-order chi connectivity index (χ0) is 7.56. The van der Waals surface area contributed by atoms with Gasteiger partial charge in [-0.05, 0) is 6.42 Å². The molecule has 1 aliphatic heterocycles. The molecular weight excluding hydrogens is 164 g/mol. The first-order chi connectivity index (χ1) is 4.75.